The van der Waals surface area contributed by atoms with Gasteiger partial charge in [-0.15, -0.1) is 0 Å². The number of carboxylic acid groups (broad SMARTS) is 2. The number of carboxylic acids is 2. The Labute approximate surface area is 133 Å². The molecule has 0 bridgehead atoms. The Bertz CT molecular complexity index is 462. The van der Waals surface area contributed by atoms with E-state index in [1.165, 1.54) is 0 Å². The SMILES string of the molecule is O=C(O)C(=O)O.O[C@@H](COCC1CNCCO1)c1ccccc1. The number of aliphatic carboxylic acids is 2. The number of aliphatic hydroxyl groups is 1. The van der Waals surface area contributed by atoms with Crippen LogP contribution in [0.4, 0.5) is 0 Å². The van der Waals surface area contributed by atoms with Crippen molar-refractivity contribution in [2.24, 2.45) is 0 Å². The third-order valence-corrected chi connectivity index (χ3v) is 2.95. The number of hydrogen-bond acceptors (Lipinski definition) is 6. The summed E-state index contributed by atoms with van der Waals surface area (Å²) < 4.78 is 11.0. The van der Waals surface area contributed by atoms with Crippen LogP contribution >= 0.6 is 0 Å². The zero-order valence-corrected chi connectivity index (χ0v) is 12.6. The fourth-order valence-electron chi connectivity index (χ4n) is 1.81. The molecule has 1 saturated heterocycles. The average Bonchev–Trinajstić information content (AvgIpc) is 2.57. The first-order valence-corrected chi connectivity index (χ1v) is 7.10. The molecule has 23 heavy (non-hydrogen) atoms. The van der Waals surface area contributed by atoms with Crippen molar-refractivity contribution < 1.29 is 34.4 Å². The highest BCUT2D eigenvalue weighted by Crippen LogP contribution is 2.12. The maximum Gasteiger partial charge on any atom is 0.414 e. The Morgan fingerprint density at radius 2 is 1.91 bits per heavy atom. The van der Waals surface area contributed by atoms with Gasteiger partial charge in [0.15, 0.2) is 0 Å². The van der Waals surface area contributed by atoms with Crippen molar-refractivity contribution in [3.8, 4) is 0 Å². The van der Waals surface area contributed by atoms with Gasteiger partial charge >= 0.3 is 11.9 Å². The molecule has 8 heteroatoms. The van der Waals surface area contributed by atoms with Crippen LogP contribution in [0.3, 0.4) is 0 Å². The van der Waals surface area contributed by atoms with E-state index in [1.807, 2.05) is 30.3 Å². The highest BCUT2D eigenvalue weighted by molar-refractivity contribution is 6.27. The van der Waals surface area contributed by atoms with Crippen LogP contribution in [0.15, 0.2) is 30.3 Å². The van der Waals surface area contributed by atoms with Crippen LogP contribution in [-0.4, -0.2) is 66.3 Å². The number of morpholine rings is 1. The highest BCUT2D eigenvalue weighted by atomic mass is 16.5. The largest absolute Gasteiger partial charge is 0.473 e. The normalized spacial score (nSPS) is 18.4. The van der Waals surface area contributed by atoms with Crippen molar-refractivity contribution in [3.05, 3.63) is 35.9 Å². The fraction of sp³-hybridized carbons (Fsp3) is 0.467. The predicted octanol–water partition coefficient (Wildman–Crippen LogP) is -0.119. The van der Waals surface area contributed by atoms with Gasteiger partial charge in [-0.05, 0) is 5.56 Å². The van der Waals surface area contributed by atoms with E-state index in [4.69, 9.17) is 29.3 Å². The molecular formula is C15H21NO7. The lowest BCUT2D eigenvalue weighted by Gasteiger charge is -2.23. The lowest BCUT2D eigenvalue weighted by molar-refractivity contribution is -0.159. The summed E-state index contributed by atoms with van der Waals surface area (Å²) in [6.45, 7) is 3.29. The molecule has 0 aromatic heterocycles. The molecule has 8 nitrogen and oxygen atoms in total. The van der Waals surface area contributed by atoms with Gasteiger partial charge in [0, 0.05) is 13.1 Å². The first kappa shape index (κ1) is 19.0. The highest BCUT2D eigenvalue weighted by Gasteiger charge is 2.14. The smallest absolute Gasteiger partial charge is 0.414 e. The second-order valence-electron chi connectivity index (χ2n) is 4.77. The molecule has 1 unspecified atom stereocenters. The van der Waals surface area contributed by atoms with Crippen molar-refractivity contribution in [1.82, 2.24) is 5.32 Å². The summed E-state index contributed by atoms with van der Waals surface area (Å²) in [7, 11) is 0. The summed E-state index contributed by atoms with van der Waals surface area (Å²) in [6, 6.07) is 9.54. The molecule has 1 aliphatic rings. The summed E-state index contributed by atoms with van der Waals surface area (Å²) >= 11 is 0. The summed E-state index contributed by atoms with van der Waals surface area (Å²) in [4.78, 5) is 18.2. The van der Waals surface area contributed by atoms with Crippen LogP contribution in [0.25, 0.3) is 0 Å². The van der Waals surface area contributed by atoms with Gasteiger partial charge < -0.3 is 30.1 Å². The molecule has 1 aromatic carbocycles. The van der Waals surface area contributed by atoms with Gasteiger partial charge in [0.1, 0.15) is 6.10 Å². The molecule has 1 heterocycles. The number of ether oxygens (including phenoxy) is 2. The Balaban J connectivity index is 0.000000379. The van der Waals surface area contributed by atoms with E-state index in [-0.39, 0.29) is 6.10 Å². The van der Waals surface area contributed by atoms with Crippen molar-refractivity contribution in [2.45, 2.75) is 12.2 Å². The number of rotatable bonds is 5. The van der Waals surface area contributed by atoms with Crippen LogP contribution < -0.4 is 5.32 Å². The zero-order valence-electron chi connectivity index (χ0n) is 12.6. The second-order valence-corrected chi connectivity index (χ2v) is 4.77. The van der Waals surface area contributed by atoms with Crippen molar-refractivity contribution in [3.63, 3.8) is 0 Å². The fourth-order valence-corrected chi connectivity index (χ4v) is 1.81. The standard InChI is InChI=1S/C13H19NO3.C2H2O4/c15-13(11-4-2-1-3-5-11)10-16-9-12-8-14-6-7-17-12;3-1(4)2(5)6/h1-5,12-15H,6-10H2;(H,3,4)(H,5,6)/t12?,13-;/m0./s1. The van der Waals surface area contributed by atoms with E-state index in [0.717, 1.165) is 25.3 Å². The molecule has 2 rings (SSSR count). The van der Waals surface area contributed by atoms with Crippen LogP contribution in [0.5, 0.6) is 0 Å². The number of aliphatic hydroxyl groups excluding tert-OH is 1. The molecule has 4 N–H and O–H groups in total. The summed E-state index contributed by atoms with van der Waals surface area (Å²) in [5.74, 6) is -3.65. The summed E-state index contributed by atoms with van der Waals surface area (Å²) in [5, 5.41) is 27.9. The molecule has 2 atom stereocenters. The van der Waals surface area contributed by atoms with E-state index in [1.54, 1.807) is 0 Å². The van der Waals surface area contributed by atoms with Gasteiger partial charge in [-0.3, -0.25) is 0 Å². The Morgan fingerprint density at radius 3 is 2.43 bits per heavy atom. The summed E-state index contributed by atoms with van der Waals surface area (Å²) in [5.41, 5.74) is 0.884. The van der Waals surface area contributed by atoms with Gasteiger partial charge in [-0.25, -0.2) is 9.59 Å². The number of hydrogen-bond donors (Lipinski definition) is 4. The quantitative estimate of drug-likeness (QED) is 0.552. The van der Waals surface area contributed by atoms with Gasteiger partial charge in [0.2, 0.25) is 0 Å². The van der Waals surface area contributed by atoms with Gasteiger partial charge in [0.05, 0.1) is 25.9 Å². The van der Waals surface area contributed by atoms with Crippen molar-refractivity contribution >= 4 is 11.9 Å². The molecule has 0 amide bonds. The van der Waals surface area contributed by atoms with Crippen molar-refractivity contribution in [2.75, 3.05) is 32.9 Å². The van der Waals surface area contributed by atoms with Crippen molar-refractivity contribution in [1.29, 1.82) is 0 Å². The van der Waals surface area contributed by atoms with E-state index >= 15 is 0 Å². The first-order valence-electron chi connectivity index (χ1n) is 7.10. The minimum atomic E-state index is -1.82. The third-order valence-electron chi connectivity index (χ3n) is 2.95. The number of carbonyl (C=O) groups is 2. The van der Waals surface area contributed by atoms with Gasteiger partial charge in [0.25, 0.3) is 0 Å². The average molecular weight is 327 g/mol. The van der Waals surface area contributed by atoms with E-state index < -0.39 is 18.0 Å². The summed E-state index contributed by atoms with van der Waals surface area (Å²) in [6.07, 6.45) is -0.459. The van der Waals surface area contributed by atoms with E-state index in [2.05, 4.69) is 5.32 Å². The lowest BCUT2D eigenvalue weighted by Crippen LogP contribution is -2.41. The minimum absolute atomic E-state index is 0.103. The Morgan fingerprint density at radius 1 is 1.26 bits per heavy atom. The Kier molecular flexibility index (Phi) is 8.85. The lowest BCUT2D eigenvalue weighted by atomic mass is 10.1. The monoisotopic (exact) mass is 327 g/mol. The molecule has 1 fully saturated rings. The predicted molar refractivity (Wildman–Crippen MR) is 80.1 cm³/mol. The van der Waals surface area contributed by atoms with Gasteiger partial charge in [-0.2, -0.15) is 0 Å². The molecule has 0 radical (unpaired) electrons. The van der Waals surface area contributed by atoms with E-state index in [0.29, 0.717) is 13.2 Å². The maximum atomic E-state index is 9.87. The molecule has 0 saturated carbocycles. The van der Waals surface area contributed by atoms with Crippen LogP contribution in [0.2, 0.25) is 0 Å². The molecular weight excluding hydrogens is 306 g/mol. The molecule has 0 aliphatic carbocycles. The van der Waals surface area contributed by atoms with Crippen LogP contribution in [0, 0.1) is 0 Å². The topological polar surface area (TPSA) is 125 Å². The molecule has 128 valence electrons. The minimum Gasteiger partial charge on any atom is -0.473 e. The number of benzene rings is 1. The number of nitrogens with one attached hydrogen (secondary N) is 1. The Hall–Kier alpha value is -2.00. The van der Waals surface area contributed by atoms with E-state index in [9.17, 15) is 5.11 Å². The second kappa shape index (κ2) is 10.7. The van der Waals surface area contributed by atoms with Crippen LogP contribution in [-0.2, 0) is 19.1 Å². The third kappa shape index (κ3) is 8.27. The molecule has 0 spiro atoms. The molecule has 1 aromatic rings. The molecule has 1 aliphatic heterocycles. The maximum absolute atomic E-state index is 9.87. The first-order chi connectivity index (χ1) is 11.0. The zero-order chi connectivity index (χ0) is 17.1. The van der Waals surface area contributed by atoms with Gasteiger partial charge in [-0.1, -0.05) is 30.3 Å². The van der Waals surface area contributed by atoms with Crippen LogP contribution in [0.1, 0.15) is 11.7 Å².